The van der Waals surface area contributed by atoms with Gasteiger partial charge in [-0.15, -0.1) is 0 Å². The van der Waals surface area contributed by atoms with Crippen LogP contribution in [0.3, 0.4) is 0 Å². The number of fused-ring (bicyclic) bond motifs is 6. The number of benzene rings is 4. The second-order valence-electron chi connectivity index (χ2n) is 12.9. The summed E-state index contributed by atoms with van der Waals surface area (Å²) in [7, 11) is 0. The molecule has 0 aromatic heterocycles. The van der Waals surface area contributed by atoms with Gasteiger partial charge in [0.2, 0.25) is 5.91 Å². The summed E-state index contributed by atoms with van der Waals surface area (Å²) in [6.45, 7) is 8.44. The molecule has 7 rings (SSSR count). The first kappa shape index (κ1) is 28.0. The lowest BCUT2D eigenvalue weighted by Gasteiger charge is -2.39. The Morgan fingerprint density at radius 1 is 0.841 bits per heavy atom. The molecule has 3 heterocycles. The van der Waals surface area contributed by atoms with Gasteiger partial charge in [-0.3, -0.25) is 14.4 Å². The summed E-state index contributed by atoms with van der Waals surface area (Å²) >= 11 is 0. The molecule has 0 radical (unpaired) electrons. The number of ketones is 2. The zero-order valence-electron chi connectivity index (χ0n) is 25.5. The van der Waals surface area contributed by atoms with Crippen LogP contribution in [-0.2, 0) is 16.6 Å². The molecule has 1 spiro atoms. The van der Waals surface area contributed by atoms with Crippen molar-refractivity contribution in [2.24, 2.45) is 11.8 Å². The molecular weight excluding hydrogens is 544 g/mol. The summed E-state index contributed by atoms with van der Waals surface area (Å²) in [5.41, 5.74) is 6.33. The van der Waals surface area contributed by atoms with Crippen molar-refractivity contribution in [3.05, 3.63) is 137 Å². The lowest BCUT2D eigenvalue weighted by Crippen LogP contribution is -2.51. The Morgan fingerprint density at radius 3 is 2.25 bits per heavy atom. The van der Waals surface area contributed by atoms with Gasteiger partial charge in [0.25, 0.3) is 0 Å². The number of anilines is 2. The first-order valence-electron chi connectivity index (χ1n) is 15.4. The fraction of sp³-hybridized carbons (Fsp3) is 0.256. The maximum absolute atomic E-state index is 15.1. The first-order valence-corrected chi connectivity index (χ1v) is 15.4. The van der Waals surface area contributed by atoms with Crippen molar-refractivity contribution in [3.63, 3.8) is 0 Å². The number of carbonyl (C=O) groups is 3. The van der Waals surface area contributed by atoms with Crippen LogP contribution in [0.4, 0.5) is 11.4 Å². The minimum Gasteiger partial charge on any atom is -0.352 e. The van der Waals surface area contributed by atoms with Crippen LogP contribution in [-0.4, -0.2) is 29.6 Å². The van der Waals surface area contributed by atoms with E-state index in [1.807, 2.05) is 85.8 Å². The van der Waals surface area contributed by atoms with Crippen molar-refractivity contribution in [1.29, 1.82) is 0 Å². The topological polar surface area (TPSA) is 66.5 Å². The lowest BCUT2D eigenvalue weighted by atomic mass is 9.64. The highest BCUT2D eigenvalue weighted by Gasteiger charge is 2.70. The third-order valence-electron chi connectivity index (χ3n) is 9.62. The van der Waals surface area contributed by atoms with E-state index in [-0.39, 0.29) is 17.5 Å². The number of hydrogen-bond acceptors (Lipinski definition) is 4. The number of rotatable bonds is 6. The largest absolute Gasteiger partial charge is 0.352 e. The maximum Gasteiger partial charge on any atom is 0.238 e. The molecule has 0 saturated carbocycles. The number of allylic oxidation sites excluding steroid dienone is 1. The van der Waals surface area contributed by atoms with Gasteiger partial charge in [0, 0.05) is 28.1 Å². The van der Waals surface area contributed by atoms with Crippen LogP contribution >= 0.6 is 0 Å². The fourth-order valence-electron chi connectivity index (χ4n) is 7.78. The predicted molar refractivity (Wildman–Crippen MR) is 175 cm³/mol. The highest BCUT2D eigenvalue weighted by atomic mass is 16.2. The van der Waals surface area contributed by atoms with Gasteiger partial charge in [-0.2, -0.15) is 0 Å². The molecule has 4 aromatic rings. The van der Waals surface area contributed by atoms with Gasteiger partial charge >= 0.3 is 0 Å². The molecule has 44 heavy (non-hydrogen) atoms. The minimum atomic E-state index is -1.32. The molecule has 4 atom stereocenters. The summed E-state index contributed by atoms with van der Waals surface area (Å²) in [4.78, 5) is 46.5. The van der Waals surface area contributed by atoms with Crippen LogP contribution < -0.4 is 10.2 Å². The van der Waals surface area contributed by atoms with Gasteiger partial charge < -0.3 is 10.2 Å². The van der Waals surface area contributed by atoms with Crippen molar-refractivity contribution in [3.8, 4) is 0 Å². The first-order chi connectivity index (χ1) is 21.2. The maximum atomic E-state index is 15.1. The molecule has 3 aliphatic rings. The third kappa shape index (κ3) is 4.10. The van der Waals surface area contributed by atoms with Crippen molar-refractivity contribution in [2.75, 3.05) is 10.2 Å². The average Bonchev–Trinajstić information content (AvgIpc) is 3.49. The molecule has 0 bridgehead atoms. The van der Waals surface area contributed by atoms with Gasteiger partial charge in [-0.05, 0) is 61.1 Å². The lowest BCUT2D eigenvalue weighted by molar-refractivity contribution is -0.121. The van der Waals surface area contributed by atoms with Gasteiger partial charge in [-0.25, -0.2) is 0 Å². The van der Waals surface area contributed by atoms with Gasteiger partial charge in [0.15, 0.2) is 11.6 Å². The molecule has 1 amide bonds. The van der Waals surface area contributed by atoms with Crippen molar-refractivity contribution in [1.82, 2.24) is 0 Å². The Labute approximate surface area is 258 Å². The summed E-state index contributed by atoms with van der Waals surface area (Å²) < 4.78 is 0. The Kier molecular flexibility index (Phi) is 6.65. The van der Waals surface area contributed by atoms with Gasteiger partial charge in [0.1, 0.15) is 11.5 Å². The van der Waals surface area contributed by atoms with E-state index >= 15 is 4.79 Å². The molecule has 0 unspecified atom stereocenters. The van der Waals surface area contributed by atoms with E-state index < -0.39 is 23.4 Å². The summed E-state index contributed by atoms with van der Waals surface area (Å²) in [5, 5.41) is 3.12. The molecule has 3 aliphatic heterocycles. The van der Waals surface area contributed by atoms with E-state index in [9.17, 15) is 9.59 Å². The predicted octanol–water partition coefficient (Wildman–Crippen LogP) is 7.44. The Bertz CT molecular complexity index is 1840. The number of nitrogens with one attached hydrogen (secondary N) is 1. The molecule has 5 nitrogen and oxygen atoms in total. The van der Waals surface area contributed by atoms with Crippen LogP contribution in [0, 0.1) is 18.8 Å². The number of amides is 1. The average molecular weight is 581 g/mol. The highest BCUT2D eigenvalue weighted by Crippen LogP contribution is 2.59. The summed E-state index contributed by atoms with van der Waals surface area (Å²) in [6.07, 6.45) is 3.01. The Balaban J connectivity index is 1.51. The Hall–Kier alpha value is -4.77. The number of carbonyl (C=O) groups excluding carboxylic acids is 3. The number of nitrogens with zero attached hydrogens (tertiary/aromatic N) is 1. The minimum absolute atomic E-state index is 0.168. The normalized spacial score (nSPS) is 23.2. The van der Waals surface area contributed by atoms with Crippen LogP contribution in [0.1, 0.15) is 63.7 Å². The van der Waals surface area contributed by atoms with Crippen LogP contribution in [0.15, 0.2) is 103 Å². The zero-order valence-corrected chi connectivity index (χ0v) is 25.5. The van der Waals surface area contributed by atoms with E-state index in [0.717, 1.165) is 39.9 Å². The standard InChI is InChI=1S/C39H36N2O3/c1-23(2)20-26-15-17-28(18-16-26)36(42)34-35(37(43)27-10-6-5-7-11-27)41-32-19-14-24(3)21-29(32)25(4)22-33(41)39(34)30-12-8-9-13-31(30)40-38(39)44/h5-19,21-23,33-35H,20H2,1-4H3,(H,40,44)/t33-,34-,35-,39-/m0/s1. The van der Waals surface area contributed by atoms with Crippen molar-refractivity contribution < 1.29 is 14.4 Å². The second kappa shape index (κ2) is 10.4. The third-order valence-corrected chi connectivity index (χ3v) is 9.62. The van der Waals surface area contributed by atoms with Crippen LogP contribution in [0.25, 0.3) is 5.57 Å². The number of hydrogen-bond donors (Lipinski definition) is 1. The monoisotopic (exact) mass is 580 g/mol. The molecule has 0 aliphatic carbocycles. The molecule has 1 fully saturated rings. The molecular formula is C39H36N2O3. The summed E-state index contributed by atoms with van der Waals surface area (Å²) in [5.74, 6) is -1.10. The van der Waals surface area contributed by atoms with Crippen LogP contribution in [0.2, 0.25) is 0 Å². The van der Waals surface area contributed by atoms with E-state index in [0.29, 0.717) is 22.7 Å². The second-order valence-corrected chi connectivity index (χ2v) is 12.9. The van der Waals surface area contributed by atoms with Crippen molar-refractivity contribution in [2.45, 2.75) is 51.6 Å². The van der Waals surface area contributed by atoms with Crippen LogP contribution in [0.5, 0.6) is 0 Å². The SMILES string of the molecule is CC1=C[C@@H]2N(c3ccc(C)cc31)[C@H](C(=O)c1ccccc1)[C@@H](C(=O)c1ccc(CC(C)C)cc1)[C@@]21C(=O)Nc2ccccc21. The van der Waals surface area contributed by atoms with E-state index in [4.69, 9.17) is 0 Å². The number of para-hydroxylation sites is 1. The molecule has 4 aromatic carbocycles. The zero-order chi connectivity index (χ0) is 30.7. The van der Waals surface area contributed by atoms with Crippen molar-refractivity contribution >= 4 is 34.4 Å². The molecule has 220 valence electrons. The fourth-order valence-corrected chi connectivity index (χ4v) is 7.78. The molecule has 1 saturated heterocycles. The smallest absolute Gasteiger partial charge is 0.238 e. The van der Waals surface area contributed by atoms with Gasteiger partial charge in [-0.1, -0.05) is 104 Å². The number of Topliss-reactive ketones (excluding diaryl/α,β-unsaturated/α-hetero) is 2. The highest BCUT2D eigenvalue weighted by molar-refractivity contribution is 6.18. The van der Waals surface area contributed by atoms with E-state index in [2.05, 4.69) is 43.1 Å². The number of aryl methyl sites for hydroxylation is 1. The molecule has 5 heteroatoms. The Morgan fingerprint density at radius 2 is 1.52 bits per heavy atom. The molecule has 1 N–H and O–H groups in total. The van der Waals surface area contributed by atoms with E-state index in [1.54, 1.807) is 12.1 Å². The quantitative estimate of drug-likeness (QED) is 0.241. The van der Waals surface area contributed by atoms with E-state index in [1.165, 1.54) is 0 Å². The van der Waals surface area contributed by atoms with Gasteiger partial charge in [0.05, 0.1) is 12.0 Å². The summed E-state index contributed by atoms with van der Waals surface area (Å²) in [6, 6.07) is 29.3.